The van der Waals surface area contributed by atoms with Crippen molar-refractivity contribution in [2.45, 2.75) is 18.7 Å². The number of imide groups is 1. The number of carbonyl (C=O) groups excluding carboxylic acids is 2. The van der Waals surface area contributed by atoms with Gasteiger partial charge in [0.1, 0.15) is 5.38 Å². The van der Waals surface area contributed by atoms with Crippen LogP contribution in [0.5, 0.6) is 0 Å². The second-order valence-corrected chi connectivity index (χ2v) is 4.35. The summed E-state index contributed by atoms with van der Waals surface area (Å²) in [6.45, 7) is 2.08. The van der Waals surface area contributed by atoms with Gasteiger partial charge in [0.15, 0.2) is 0 Å². The van der Waals surface area contributed by atoms with Crippen LogP contribution in [0, 0.1) is 0 Å². The number of amides is 3. The molecule has 4 nitrogen and oxygen atoms in total. The molecular weight excluding hydrogens is 224 g/mol. The van der Waals surface area contributed by atoms with E-state index in [-0.39, 0.29) is 0 Å². The molecule has 0 saturated heterocycles. The van der Waals surface area contributed by atoms with E-state index in [1.54, 1.807) is 11.8 Å². The smallest absolute Gasteiger partial charge is 0.321 e. The van der Waals surface area contributed by atoms with E-state index in [9.17, 15) is 9.59 Å². The second kappa shape index (κ2) is 7.94. The fourth-order valence-corrected chi connectivity index (χ4v) is 1.16. The number of alkyl halides is 1. The van der Waals surface area contributed by atoms with Crippen molar-refractivity contribution in [3.63, 3.8) is 0 Å². The SMILES string of the molecule is CSCCCNC(=O)NC(=O)C(C)Cl. The number of urea groups is 1. The summed E-state index contributed by atoms with van der Waals surface area (Å²) in [6, 6.07) is -0.483. The average Bonchev–Trinajstić information content (AvgIpc) is 2.12. The molecule has 0 saturated carbocycles. The Hall–Kier alpha value is -0.420. The number of nitrogens with one attached hydrogen (secondary N) is 2. The molecule has 0 aromatic carbocycles. The van der Waals surface area contributed by atoms with E-state index in [1.165, 1.54) is 6.92 Å². The normalized spacial score (nSPS) is 11.9. The van der Waals surface area contributed by atoms with Gasteiger partial charge >= 0.3 is 6.03 Å². The molecular formula is C8H15ClN2O2S. The summed E-state index contributed by atoms with van der Waals surface area (Å²) < 4.78 is 0. The van der Waals surface area contributed by atoms with Crippen LogP contribution >= 0.6 is 23.4 Å². The highest BCUT2D eigenvalue weighted by Crippen LogP contribution is 1.94. The lowest BCUT2D eigenvalue weighted by molar-refractivity contribution is -0.119. The van der Waals surface area contributed by atoms with Gasteiger partial charge in [0.2, 0.25) is 5.91 Å². The molecule has 0 bridgehead atoms. The summed E-state index contributed by atoms with van der Waals surface area (Å²) in [5, 5.41) is 4.00. The van der Waals surface area contributed by atoms with Crippen molar-refractivity contribution in [1.82, 2.24) is 10.6 Å². The number of halogens is 1. The molecule has 0 aliphatic carbocycles. The fraction of sp³-hybridized carbons (Fsp3) is 0.750. The minimum atomic E-state index is -0.688. The van der Waals surface area contributed by atoms with Crippen LogP contribution in [0.4, 0.5) is 4.79 Å². The Labute approximate surface area is 93.1 Å². The Kier molecular flexibility index (Phi) is 7.70. The molecule has 14 heavy (non-hydrogen) atoms. The first-order valence-corrected chi connectivity index (χ1v) is 6.12. The summed E-state index contributed by atoms with van der Waals surface area (Å²) in [5.41, 5.74) is 0. The van der Waals surface area contributed by atoms with Crippen LogP contribution in [0.15, 0.2) is 0 Å². The van der Waals surface area contributed by atoms with Crippen LogP contribution in [-0.4, -0.2) is 35.9 Å². The zero-order chi connectivity index (χ0) is 11.0. The first-order chi connectivity index (χ1) is 6.57. The Bertz CT molecular complexity index is 200. The van der Waals surface area contributed by atoms with E-state index in [4.69, 9.17) is 11.6 Å². The Balaban J connectivity index is 3.51. The van der Waals surface area contributed by atoms with Crippen molar-refractivity contribution in [2.75, 3.05) is 18.6 Å². The molecule has 0 fully saturated rings. The van der Waals surface area contributed by atoms with E-state index in [0.717, 1.165) is 12.2 Å². The molecule has 0 aromatic rings. The Morgan fingerprint density at radius 3 is 2.64 bits per heavy atom. The van der Waals surface area contributed by atoms with Gasteiger partial charge in [-0.1, -0.05) is 0 Å². The summed E-state index contributed by atoms with van der Waals surface area (Å²) in [7, 11) is 0. The quantitative estimate of drug-likeness (QED) is 0.559. The van der Waals surface area contributed by atoms with E-state index in [1.807, 2.05) is 6.26 Å². The average molecular weight is 239 g/mol. The molecule has 0 rings (SSSR count). The van der Waals surface area contributed by atoms with Crippen molar-refractivity contribution < 1.29 is 9.59 Å². The van der Waals surface area contributed by atoms with Crippen LogP contribution in [0.2, 0.25) is 0 Å². The van der Waals surface area contributed by atoms with E-state index in [2.05, 4.69) is 10.6 Å². The van der Waals surface area contributed by atoms with Gasteiger partial charge in [0.25, 0.3) is 0 Å². The predicted octanol–water partition coefficient (Wildman–Crippen LogP) is 1.19. The highest BCUT2D eigenvalue weighted by molar-refractivity contribution is 7.98. The Morgan fingerprint density at radius 2 is 2.14 bits per heavy atom. The van der Waals surface area contributed by atoms with E-state index in [0.29, 0.717) is 6.54 Å². The van der Waals surface area contributed by atoms with E-state index < -0.39 is 17.3 Å². The lowest BCUT2D eigenvalue weighted by Gasteiger charge is -2.06. The van der Waals surface area contributed by atoms with Gasteiger partial charge in [-0.15, -0.1) is 11.6 Å². The van der Waals surface area contributed by atoms with Gasteiger partial charge in [0.05, 0.1) is 0 Å². The predicted molar refractivity (Wildman–Crippen MR) is 59.9 cm³/mol. The second-order valence-electron chi connectivity index (χ2n) is 2.71. The van der Waals surface area contributed by atoms with Crippen LogP contribution < -0.4 is 10.6 Å². The van der Waals surface area contributed by atoms with Gasteiger partial charge in [-0.25, -0.2) is 4.79 Å². The number of thioether (sulfide) groups is 1. The van der Waals surface area contributed by atoms with Gasteiger partial charge in [-0.3, -0.25) is 10.1 Å². The number of hydrogen-bond acceptors (Lipinski definition) is 3. The molecule has 1 atom stereocenters. The van der Waals surface area contributed by atoms with Crippen molar-refractivity contribution >= 4 is 35.3 Å². The highest BCUT2D eigenvalue weighted by Gasteiger charge is 2.11. The summed E-state index contributed by atoms with van der Waals surface area (Å²) >= 11 is 7.17. The largest absolute Gasteiger partial charge is 0.338 e. The molecule has 0 aliphatic heterocycles. The fourth-order valence-electron chi connectivity index (χ4n) is 0.674. The number of carbonyl (C=O) groups is 2. The first kappa shape index (κ1) is 13.6. The van der Waals surface area contributed by atoms with Gasteiger partial charge in [0, 0.05) is 6.54 Å². The lowest BCUT2D eigenvalue weighted by Crippen LogP contribution is -2.42. The molecule has 0 radical (unpaired) electrons. The molecule has 0 aliphatic rings. The van der Waals surface area contributed by atoms with Crippen molar-refractivity contribution in [1.29, 1.82) is 0 Å². The molecule has 0 spiro atoms. The van der Waals surface area contributed by atoms with Gasteiger partial charge in [-0.2, -0.15) is 11.8 Å². The molecule has 0 heterocycles. The molecule has 82 valence electrons. The maximum Gasteiger partial charge on any atom is 0.321 e. The van der Waals surface area contributed by atoms with Crippen molar-refractivity contribution in [3.8, 4) is 0 Å². The van der Waals surface area contributed by atoms with Crippen molar-refractivity contribution in [2.24, 2.45) is 0 Å². The maximum atomic E-state index is 11.0. The number of hydrogen-bond donors (Lipinski definition) is 2. The van der Waals surface area contributed by atoms with E-state index >= 15 is 0 Å². The summed E-state index contributed by atoms with van der Waals surface area (Å²) in [6.07, 6.45) is 2.89. The van der Waals surface area contributed by atoms with Crippen LogP contribution in [0.1, 0.15) is 13.3 Å². The highest BCUT2D eigenvalue weighted by atomic mass is 35.5. The molecule has 1 unspecified atom stereocenters. The van der Waals surface area contributed by atoms with Crippen LogP contribution in [0.3, 0.4) is 0 Å². The lowest BCUT2D eigenvalue weighted by atomic mass is 10.4. The Morgan fingerprint density at radius 1 is 1.50 bits per heavy atom. The minimum absolute atomic E-state index is 0.478. The molecule has 2 N–H and O–H groups in total. The molecule has 3 amide bonds. The van der Waals surface area contributed by atoms with Gasteiger partial charge in [-0.05, 0) is 25.4 Å². The monoisotopic (exact) mass is 238 g/mol. The molecule has 0 aromatic heterocycles. The van der Waals surface area contributed by atoms with Gasteiger partial charge < -0.3 is 5.32 Å². The van der Waals surface area contributed by atoms with Crippen LogP contribution in [0.25, 0.3) is 0 Å². The third kappa shape index (κ3) is 7.03. The topological polar surface area (TPSA) is 58.2 Å². The first-order valence-electron chi connectivity index (χ1n) is 4.29. The summed E-state index contributed by atoms with van der Waals surface area (Å²) in [4.78, 5) is 21.9. The van der Waals surface area contributed by atoms with Crippen LogP contribution in [-0.2, 0) is 4.79 Å². The standard InChI is InChI=1S/C8H15ClN2O2S/c1-6(9)7(12)11-8(13)10-4-3-5-14-2/h6H,3-5H2,1-2H3,(H2,10,11,12,13). The number of rotatable bonds is 5. The third-order valence-corrected chi connectivity index (χ3v) is 2.30. The minimum Gasteiger partial charge on any atom is -0.338 e. The third-order valence-electron chi connectivity index (χ3n) is 1.41. The zero-order valence-electron chi connectivity index (χ0n) is 8.30. The zero-order valence-corrected chi connectivity index (χ0v) is 9.87. The molecule has 6 heteroatoms. The maximum absolute atomic E-state index is 11.0. The van der Waals surface area contributed by atoms with Crippen molar-refractivity contribution in [3.05, 3.63) is 0 Å². The summed E-state index contributed by atoms with van der Waals surface area (Å²) in [5.74, 6) is 0.508.